The average Bonchev–Trinajstić information content (AvgIpc) is 2.73. The van der Waals surface area contributed by atoms with Gasteiger partial charge in [-0.15, -0.1) is 0 Å². The number of nitrogens with one attached hydrogen (secondary N) is 1. The molecule has 4 rings (SSSR count). The molecule has 136 valence electrons. The zero-order valence-corrected chi connectivity index (χ0v) is 15.3. The van der Waals surface area contributed by atoms with E-state index in [1.54, 1.807) is 0 Å². The molecule has 3 aromatic carbocycles. The van der Waals surface area contributed by atoms with Crippen molar-refractivity contribution in [2.24, 2.45) is 0 Å². The minimum Gasteiger partial charge on any atom is -0.350 e. The Hall–Kier alpha value is -2.91. The van der Waals surface area contributed by atoms with Crippen LogP contribution in [0.2, 0.25) is 0 Å². The van der Waals surface area contributed by atoms with Crippen LogP contribution in [0.4, 0.5) is 0 Å². The van der Waals surface area contributed by atoms with Crippen molar-refractivity contribution in [2.45, 2.75) is 25.6 Å². The Balaban J connectivity index is 1.56. The van der Waals surface area contributed by atoms with Gasteiger partial charge in [-0.3, -0.25) is 9.69 Å². The van der Waals surface area contributed by atoms with E-state index in [1.807, 2.05) is 42.5 Å². The molecule has 1 N–H and O–H groups in total. The van der Waals surface area contributed by atoms with Gasteiger partial charge in [0, 0.05) is 19.6 Å². The Bertz CT molecular complexity index is 893. The van der Waals surface area contributed by atoms with Crippen LogP contribution in [0.3, 0.4) is 0 Å². The van der Waals surface area contributed by atoms with E-state index in [2.05, 4.69) is 52.7 Å². The van der Waals surface area contributed by atoms with E-state index in [4.69, 9.17) is 0 Å². The first-order chi connectivity index (χ1) is 13.3. The summed E-state index contributed by atoms with van der Waals surface area (Å²) < 4.78 is 0. The van der Waals surface area contributed by atoms with Crippen molar-refractivity contribution in [2.75, 3.05) is 6.54 Å². The van der Waals surface area contributed by atoms with Crippen molar-refractivity contribution < 1.29 is 4.79 Å². The molecule has 27 heavy (non-hydrogen) atoms. The molecule has 3 aromatic rings. The molecule has 3 nitrogen and oxygen atoms in total. The average molecular weight is 356 g/mol. The quantitative estimate of drug-likeness (QED) is 0.746. The van der Waals surface area contributed by atoms with Crippen LogP contribution >= 0.6 is 0 Å². The summed E-state index contributed by atoms with van der Waals surface area (Å²) in [6.07, 6.45) is 0.978. The molecule has 0 saturated heterocycles. The highest BCUT2D eigenvalue weighted by molar-refractivity contribution is 5.84. The SMILES string of the molecule is O=C(NCc1ccccc1)C1c2ccccc2CCN1Cc1ccccc1. The molecule has 1 atom stereocenters. The standard InChI is InChI=1S/C24H24N2O/c27-24(25-17-19-9-3-1-4-10-19)23-22-14-8-7-13-21(22)15-16-26(23)18-20-11-5-2-6-12-20/h1-14,23H,15-18H2,(H,25,27). The van der Waals surface area contributed by atoms with Crippen LogP contribution in [-0.4, -0.2) is 17.4 Å². The Morgan fingerprint density at radius 3 is 2.22 bits per heavy atom. The normalized spacial score (nSPS) is 16.5. The van der Waals surface area contributed by atoms with E-state index >= 15 is 0 Å². The summed E-state index contributed by atoms with van der Waals surface area (Å²) in [7, 11) is 0. The molecular formula is C24H24N2O. The van der Waals surface area contributed by atoms with Gasteiger partial charge in [0.05, 0.1) is 0 Å². The second-order valence-electron chi connectivity index (χ2n) is 7.01. The van der Waals surface area contributed by atoms with Gasteiger partial charge in [0.15, 0.2) is 0 Å². The van der Waals surface area contributed by atoms with E-state index in [0.29, 0.717) is 6.54 Å². The van der Waals surface area contributed by atoms with Gasteiger partial charge >= 0.3 is 0 Å². The van der Waals surface area contributed by atoms with Crippen LogP contribution in [-0.2, 0) is 24.3 Å². The van der Waals surface area contributed by atoms with Gasteiger partial charge in [-0.05, 0) is 28.7 Å². The number of nitrogens with zero attached hydrogens (tertiary/aromatic N) is 1. The molecule has 1 amide bonds. The number of amides is 1. The third-order valence-corrected chi connectivity index (χ3v) is 5.17. The first kappa shape index (κ1) is 17.5. The van der Waals surface area contributed by atoms with Crippen LogP contribution in [0.1, 0.15) is 28.3 Å². The molecule has 0 bridgehead atoms. The van der Waals surface area contributed by atoms with Crippen molar-refractivity contribution >= 4 is 5.91 Å². The lowest BCUT2D eigenvalue weighted by molar-refractivity contribution is -0.127. The second-order valence-corrected chi connectivity index (χ2v) is 7.01. The summed E-state index contributed by atoms with van der Waals surface area (Å²) in [5.74, 6) is 0.0712. The van der Waals surface area contributed by atoms with E-state index in [1.165, 1.54) is 11.1 Å². The van der Waals surface area contributed by atoms with Gasteiger partial charge in [-0.1, -0.05) is 84.9 Å². The molecule has 1 aliphatic heterocycles. The van der Waals surface area contributed by atoms with Gasteiger partial charge in [0.2, 0.25) is 5.91 Å². The van der Waals surface area contributed by atoms with E-state index < -0.39 is 0 Å². The van der Waals surface area contributed by atoms with Crippen molar-refractivity contribution in [1.82, 2.24) is 10.2 Å². The molecule has 0 aliphatic carbocycles. The fraction of sp³-hybridized carbons (Fsp3) is 0.208. The number of rotatable bonds is 5. The summed E-state index contributed by atoms with van der Waals surface area (Å²) >= 11 is 0. The monoisotopic (exact) mass is 356 g/mol. The maximum Gasteiger partial charge on any atom is 0.242 e. The molecule has 3 heteroatoms. The molecule has 1 aliphatic rings. The van der Waals surface area contributed by atoms with Crippen LogP contribution in [0, 0.1) is 0 Å². The highest BCUT2D eigenvalue weighted by Gasteiger charge is 2.32. The van der Waals surface area contributed by atoms with Gasteiger partial charge in [-0.25, -0.2) is 0 Å². The lowest BCUT2D eigenvalue weighted by atomic mass is 9.91. The van der Waals surface area contributed by atoms with Crippen LogP contribution in [0.15, 0.2) is 84.9 Å². The predicted octanol–water partition coefficient (Wildman–Crippen LogP) is 4.10. The Kier molecular flexibility index (Phi) is 5.31. The lowest BCUT2D eigenvalue weighted by Gasteiger charge is -2.36. The lowest BCUT2D eigenvalue weighted by Crippen LogP contribution is -2.43. The van der Waals surface area contributed by atoms with E-state index in [-0.39, 0.29) is 11.9 Å². The number of carbonyl (C=O) groups excluding carboxylic acids is 1. The van der Waals surface area contributed by atoms with Crippen LogP contribution < -0.4 is 5.32 Å². The summed E-state index contributed by atoms with van der Waals surface area (Å²) in [6.45, 7) is 2.21. The molecule has 1 heterocycles. The smallest absolute Gasteiger partial charge is 0.242 e. The van der Waals surface area contributed by atoms with Crippen molar-refractivity contribution in [3.8, 4) is 0 Å². The van der Waals surface area contributed by atoms with E-state index in [0.717, 1.165) is 30.6 Å². The third kappa shape index (κ3) is 4.09. The number of hydrogen-bond acceptors (Lipinski definition) is 2. The predicted molar refractivity (Wildman–Crippen MR) is 108 cm³/mol. The molecule has 1 unspecified atom stereocenters. The summed E-state index contributed by atoms with van der Waals surface area (Å²) in [5, 5.41) is 3.14. The summed E-state index contributed by atoms with van der Waals surface area (Å²) in [6, 6.07) is 28.5. The van der Waals surface area contributed by atoms with Crippen molar-refractivity contribution in [3.05, 3.63) is 107 Å². The molecule has 0 saturated carbocycles. The Labute approximate surface area is 160 Å². The molecular weight excluding hydrogens is 332 g/mol. The van der Waals surface area contributed by atoms with Crippen LogP contribution in [0.5, 0.6) is 0 Å². The topological polar surface area (TPSA) is 32.3 Å². The van der Waals surface area contributed by atoms with Gasteiger partial charge in [-0.2, -0.15) is 0 Å². The molecule has 0 fully saturated rings. The number of benzene rings is 3. The van der Waals surface area contributed by atoms with Crippen LogP contribution in [0.25, 0.3) is 0 Å². The zero-order chi connectivity index (χ0) is 18.5. The molecule has 0 radical (unpaired) electrons. The number of carbonyl (C=O) groups is 1. The number of fused-ring (bicyclic) bond motifs is 1. The van der Waals surface area contributed by atoms with Gasteiger partial charge in [0.25, 0.3) is 0 Å². The van der Waals surface area contributed by atoms with Crippen molar-refractivity contribution in [1.29, 1.82) is 0 Å². The molecule has 0 spiro atoms. The Morgan fingerprint density at radius 2 is 1.48 bits per heavy atom. The minimum atomic E-state index is -0.251. The summed E-state index contributed by atoms with van der Waals surface area (Å²) in [4.78, 5) is 15.5. The first-order valence-electron chi connectivity index (χ1n) is 9.49. The third-order valence-electron chi connectivity index (χ3n) is 5.17. The highest BCUT2D eigenvalue weighted by Crippen LogP contribution is 2.31. The number of hydrogen-bond donors (Lipinski definition) is 1. The fourth-order valence-electron chi connectivity index (χ4n) is 3.80. The maximum absolute atomic E-state index is 13.2. The van der Waals surface area contributed by atoms with E-state index in [9.17, 15) is 4.79 Å². The van der Waals surface area contributed by atoms with Gasteiger partial charge in [0.1, 0.15) is 6.04 Å². The largest absolute Gasteiger partial charge is 0.350 e. The molecule has 0 aromatic heterocycles. The fourth-order valence-corrected chi connectivity index (χ4v) is 3.80. The highest BCUT2D eigenvalue weighted by atomic mass is 16.2. The maximum atomic E-state index is 13.2. The second kappa shape index (κ2) is 8.19. The van der Waals surface area contributed by atoms with Gasteiger partial charge < -0.3 is 5.32 Å². The Morgan fingerprint density at radius 1 is 0.852 bits per heavy atom. The minimum absolute atomic E-state index is 0.0712. The van der Waals surface area contributed by atoms with Crippen molar-refractivity contribution in [3.63, 3.8) is 0 Å². The summed E-state index contributed by atoms with van der Waals surface area (Å²) in [5.41, 5.74) is 4.76. The first-order valence-corrected chi connectivity index (χ1v) is 9.49. The zero-order valence-electron chi connectivity index (χ0n) is 15.3.